The highest BCUT2D eigenvalue weighted by Crippen LogP contribution is 2.33. The Morgan fingerprint density at radius 3 is 2.22 bits per heavy atom. The first-order valence-electron chi connectivity index (χ1n) is 12.5. The molecule has 8 heteroatoms. The molecule has 206 valence electrons. The second-order valence-electron chi connectivity index (χ2n) is 7.68. The number of halogens is 3. The van der Waals surface area contributed by atoms with E-state index in [1.165, 1.54) is 6.07 Å². The summed E-state index contributed by atoms with van der Waals surface area (Å²) in [4.78, 5) is 10.8. The zero-order chi connectivity index (χ0) is 28.4. The van der Waals surface area contributed by atoms with Crippen LogP contribution < -0.4 is 9.47 Å². The summed E-state index contributed by atoms with van der Waals surface area (Å²) >= 11 is 0. The molecule has 0 aromatic heterocycles. The molecule has 0 saturated carbocycles. The Balaban J connectivity index is 0.00000241. The van der Waals surface area contributed by atoms with Crippen LogP contribution in [0.5, 0.6) is 11.5 Å². The third-order valence-electron chi connectivity index (χ3n) is 4.97. The van der Waals surface area contributed by atoms with Crippen LogP contribution in [-0.4, -0.2) is 30.0 Å². The number of aliphatic carboxylic acids is 1. The number of alkyl halides is 3. The SMILES string of the molecule is C=CC.CC.CCC(=N)c1cc(C(F)(F)F)ccc1OCCCOc1ccc(CCC(=O)O)c(CC)c1. The first-order chi connectivity index (χ1) is 17.6. The first kappa shape index (κ1) is 33.7. The molecule has 0 atom stereocenters. The third kappa shape index (κ3) is 12.5. The minimum Gasteiger partial charge on any atom is -0.493 e. The van der Waals surface area contributed by atoms with Crippen LogP contribution in [0.1, 0.15) is 76.1 Å². The number of aryl methyl sites for hydroxylation is 2. The number of carboxylic acids is 1. The maximum atomic E-state index is 13.0. The summed E-state index contributed by atoms with van der Waals surface area (Å²) in [6.07, 6.45) is -0.628. The van der Waals surface area contributed by atoms with Crippen LogP contribution in [0.4, 0.5) is 13.2 Å². The van der Waals surface area contributed by atoms with Gasteiger partial charge in [-0.2, -0.15) is 13.2 Å². The van der Waals surface area contributed by atoms with Crippen molar-refractivity contribution >= 4 is 11.7 Å². The van der Waals surface area contributed by atoms with Crippen molar-refractivity contribution in [3.63, 3.8) is 0 Å². The fraction of sp³-hybridized carbons (Fsp3) is 0.448. The van der Waals surface area contributed by atoms with Gasteiger partial charge in [0, 0.05) is 24.1 Å². The van der Waals surface area contributed by atoms with Crippen LogP contribution in [0.15, 0.2) is 49.1 Å². The van der Waals surface area contributed by atoms with Crippen LogP contribution in [-0.2, 0) is 23.8 Å². The summed E-state index contributed by atoms with van der Waals surface area (Å²) in [5.74, 6) is 0.0856. The molecule has 0 bridgehead atoms. The van der Waals surface area contributed by atoms with E-state index < -0.39 is 17.7 Å². The maximum absolute atomic E-state index is 13.0. The van der Waals surface area contributed by atoms with Gasteiger partial charge in [0.1, 0.15) is 11.5 Å². The summed E-state index contributed by atoms with van der Waals surface area (Å²) in [7, 11) is 0. The van der Waals surface area contributed by atoms with Crippen LogP contribution in [0.2, 0.25) is 0 Å². The van der Waals surface area contributed by atoms with Gasteiger partial charge < -0.3 is 20.0 Å². The Bertz CT molecular complexity index is 988. The van der Waals surface area contributed by atoms with Gasteiger partial charge in [-0.3, -0.25) is 4.79 Å². The quantitative estimate of drug-likeness (QED) is 0.167. The minimum atomic E-state index is -4.48. The normalized spacial score (nSPS) is 10.3. The van der Waals surface area contributed by atoms with Crippen LogP contribution >= 0.6 is 0 Å². The van der Waals surface area contributed by atoms with E-state index in [4.69, 9.17) is 20.0 Å². The highest BCUT2D eigenvalue weighted by atomic mass is 19.4. The molecule has 0 spiro atoms. The molecule has 37 heavy (non-hydrogen) atoms. The number of carboxylic acid groups (broad SMARTS) is 1. The van der Waals surface area contributed by atoms with Gasteiger partial charge in [-0.25, -0.2) is 0 Å². The van der Waals surface area contributed by atoms with Crippen LogP contribution in [0.25, 0.3) is 0 Å². The van der Waals surface area contributed by atoms with Crippen molar-refractivity contribution in [2.24, 2.45) is 0 Å². The van der Waals surface area contributed by atoms with Crippen molar-refractivity contribution in [1.82, 2.24) is 0 Å². The average molecular weight is 524 g/mol. The molecule has 2 aromatic rings. The van der Waals surface area contributed by atoms with E-state index in [-0.39, 0.29) is 30.1 Å². The van der Waals surface area contributed by atoms with Crippen LogP contribution in [0.3, 0.4) is 0 Å². The first-order valence-corrected chi connectivity index (χ1v) is 12.5. The summed E-state index contributed by atoms with van der Waals surface area (Å²) in [6, 6.07) is 8.74. The lowest BCUT2D eigenvalue weighted by molar-refractivity contribution is -0.138. The third-order valence-corrected chi connectivity index (χ3v) is 4.97. The maximum Gasteiger partial charge on any atom is 0.416 e. The molecule has 0 aliphatic heterocycles. The van der Waals surface area contributed by atoms with Gasteiger partial charge in [-0.1, -0.05) is 39.8 Å². The van der Waals surface area contributed by atoms with Gasteiger partial charge >= 0.3 is 12.1 Å². The van der Waals surface area contributed by atoms with Gasteiger partial charge in [0.25, 0.3) is 0 Å². The Kier molecular flexibility index (Phi) is 16.4. The van der Waals surface area contributed by atoms with E-state index in [1.807, 2.05) is 39.8 Å². The average Bonchev–Trinajstić information content (AvgIpc) is 2.88. The summed E-state index contributed by atoms with van der Waals surface area (Å²) in [6.45, 7) is 13.5. The monoisotopic (exact) mass is 523 g/mol. The summed E-state index contributed by atoms with van der Waals surface area (Å²) in [5, 5.41) is 16.8. The van der Waals surface area contributed by atoms with Crippen molar-refractivity contribution in [2.45, 2.75) is 72.9 Å². The molecule has 2 N–H and O–H groups in total. The fourth-order valence-corrected chi connectivity index (χ4v) is 3.20. The Morgan fingerprint density at radius 2 is 1.68 bits per heavy atom. The summed E-state index contributed by atoms with van der Waals surface area (Å²) < 4.78 is 50.3. The van der Waals surface area contributed by atoms with Gasteiger partial charge in [0.15, 0.2) is 0 Å². The van der Waals surface area contributed by atoms with E-state index in [0.29, 0.717) is 31.6 Å². The van der Waals surface area contributed by atoms with E-state index in [9.17, 15) is 18.0 Å². The lowest BCUT2D eigenvalue weighted by atomic mass is 10.0. The van der Waals surface area contributed by atoms with Crippen molar-refractivity contribution in [1.29, 1.82) is 5.41 Å². The highest BCUT2D eigenvalue weighted by molar-refractivity contribution is 6.00. The van der Waals surface area contributed by atoms with Crippen molar-refractivity contribution in [3.05, 3.63) is 71.3 Å². The highest BCUT2D eigenvalue weighted by Gasteiger charge is 2.31. The molecule has 2 rings (SSSR count). The number of ether oxygens (including phenoxy) is 2. The van der Waals surface area contributed by atoms with Gasteiger partial charge in [0.2, 0.25) is 0 Å². The molecule has 0 aliphatic rings. The van der Waals surface area contributed by atoms with E-state index >= 15 is 0 Å². The van der Waals surface area contributed by atoms with Crippen molar-refractivity contribution in [3.8, 4) is 11.5 Å². The van der Waals surface area contributed by atoms with Gasteiger partial charge in [-0.15, -0.1) is 6.58 Å². The molecule has 2 aromatic carbocycles. The van der Waals surface area contributed by atoms with Crippen molar-refractivity contribution in [2.75, 3.05) is 13.2 Å². The molecule has 0 saturated heterocycles. The number of hydrogen-bond donors (Lipinski definition) is 2. The predicted octanol–water partition coefficient (Wildman–Crippen LogP) is 8.13. The zero-order valence-electron chi connectivity index (χ0n) is 22.5. The van der Waals surface area contributed by atoms with E-state index in [2.05, 4.69) is 6.58 Å². The van der Waals surface area contributed by atoms with Crippen LogP contribution in [0, 0.1) is 5.41 Å². The molecule has 0 heterocycles. The number of hydrogen-bond acceptors (Lipinski definition) is 4. The molecular formula is C29H40F3NO4. The standard InChI is InChI=1S/C24H28F3NO4.C3H6.C2H6/c1-3-16-14-19(9-6-17(16)7-11-23(29)30)31-12-5-13-32-22-10-8-18(24(25,26)27)15-20(22)21(28)4-2;1-3-2;1-2/h6,8-10,14-15,28H,3-5,7,11-13H2,1-2H3,(H,29,30);3H,1H2,2H3;1-2H3. The second kappa shape index (κ2) is 18.0. The van der Waals surface area contributed by atoms with E-state index in [0.717, 1.165) is 29.7 Å². The summed E-state index contributed by atoms with van der Waals surface area (Å²) in [5.41, 5.74) is 1.44. The second-order valence-corrected chi connectivity index (χ2v) is 7.68. The molecule has 0 unspecified atom stereocenters. The number of nitrogens with one attached hydrogen (secondary N) is 1. The molecule has 0 amide bonds. The molecule has 0 aliphatic carbocycles. The molecule has 0 fully saturated rings. The zero-order valence-corrected chi connectivity index (χ0v) is 22.5. The molecular weight excluding hydrogens is 483 g/mol. The number of allylic oxidation sites excluding steroid dienone is 1. The lowest BCUT2D eigenvalue weighted by Gasteiger charge is -2.15. The Labute approximate surface area is 218 Å². The smallest absolute Gasteiger partial charge is 0.416 e. The molecule has 5 nitrogen and oxygen atoms in total. The lowest BCUT2D eigenvalue weighted by Crippen LogP contribution is -2.11. The Morgan fingerprint density at radius 1 is 1.05 bits per heavy atom. The Hall–Kier alpha value is -3.29. The number of carbonyl (C=O) groups is 1. The van der Waals surface area contributed by atoms with Gasteiger partial charge in [-0.05, 0) is 67.6 Å². The predicted molar refractivity (Wildman–Crippen MR) is 143 cm³/mol. The molecule has 0 radical (unpaired) electrons. The van der Waals surface area contributed by atoms with E-state index in [1.54, 1.807) is 19.1 Å². The largest absolute Gasteiger partial charge is 0.493 e. The van der Waals surface area contributed by atoms with Gasteiger partial charge in [0.05, 0.1) is 18.8 Å². The minimum absolute atomic E-state index is 0.0754. The number of benzene rings is 2. The number of rotatable bonds is 12. The topological polar surface area (TPSA) is 79.6 Å². The van der Waals surface area contributed by atoms with Crippen molar-refractivity contribution < 1.29 is 32.5 Å². The fourth-order valence-electron chi connectivity index (χ4n) is 3.20.